The van der Waals surface area contributed by atoms with Gasteiger partial charge in [-0.25, -0.2) is 34.9 Å². The first kappa shape index (κ1) is 55.0. The van der Waals surface area contributed by atoms with Crippen molar-refractivity contribution in [2.24, 2.45) is 17.4 Å². The summed E-state index contributed by atoms with van der Waals surface area (Å²) in [7, 11) is 0. The number of aliphatic hydroxyl groups is 2. The van der Waals surface area contributed by atoms with Crippen LogP contribution in [0.2, 0.25) is 0 Å². The fourth-order valence-electron chi connectivity index (χ4n) is 9.57. The fourth-order valence-corrected chi connectivity index (χ4v) is 15.0. The highest BCUT2D eigenvalue weighted by molar-refractivity contribution is 7.15. The van der Waals surface area contributed by atoms with Crippen LogP contribution in [-0.4, -0.2) is 109 Å². The number of nitrogens with one attached hydrogen (secondary N) is 2. The van der Waals surface area contributed by atoms with E-state index in [0.29, 0.717) is 64.4 Å². The molecule has 81 heavy (non-hydrogen) atoms. The molecular formula is C54H46N12O9S6. The second kappa shape index (κ2) is 22.9. The van der Waals surface area contributed by atoms with Crippen LogP contribution in [0.5, 0.6) is 5.75 Å². The number of Topliss-reactive ketones (excluding diaryl/α,β-unsaturated/α-hetero) is 1. The Hall–Kier alpha value is -7.89. The van der Waals surface area contributed by atoms with Crippen LogP contribution in [0, 0.1) is 12.8 Å². The predicted molar refractivity (Wildman–Crippen MR) is 306 cm³/mol. The number of carbonyl (C=O) groups is 6. The Kier molecular flexibility index (Phi) is 15.6. The summed E-state index contributed by atoms with van der Waals surface area (Å²) >= 11 is 7.01. The molecule has 1 saturated heterocycles. The lowest BCUT2D eigenvalue weighted by atomic mass is 9.90. The number of fused-ring (bicyclic) bond motifs is 16. The minimum Gasteiger partial charge on any atom is -0.508 e. The summed E-state index contributed by atoms with van der Waals surface area (Å²) in [6.07, 6.45) is -2.98. The molecule has 10 bridgehead atoms. The Morgan fingerprint density at radius 2 is 1.33 bits per heavy atom. The highest BCUT2D eigenvalue weighted by atomic mass is 32.1. The van der Waals surface area contributed by atoms with Crippen molar-refractivity contribution in [3.63, 3.8) is 0 Å². The third-order valence-electron chi connectivity index (χ3n) is 13.8. The zero-order valence-electron chi connectivity index (χ0n) is 42.6. The van der Waals surface area contributed by atoms with Crippen LogP contribution < -0.4 is 22.1 Å². The van der Waals surface area contributed by atoms with Gasteiger partial charge in [0.05, 0.1) is 41.4 Å². The third kappa shape index (κ3) is 11.4. The van der Waals surface area contributed by atoms with Gasteiger partial charge < -0.3 is 42.3 Å². The summed E-state index contributed by atoms with van der Waals surface area (Å²) in [6, 6.07) is 15.3. The molecule has 0 unspecified atom stereocenters. The Bertz CT molecular complexity index is 3890. The van der Waals surface area contributed by atoms with Gasteiger partial charge in [-0.2, -0.15) is 0 Å². The third-order valence-corrected chi connectivity index (χ3v) is 19.3. The van der Waals surface area contributed by atoms with Crippen molar-refractivity contribution in [2.45, 2.75) is 69.4 Å². The van der Waals surface area contributed by atoms with Crippen LogP contribution in [0.3, 0.4) is 0 Å². The van der Waals surface area contributed by atoms with Gasteiger partial charge in [-0.3, -0.25) is 28.8 Å². The van der Waals surface area contributed by atoms with E-state index in [1.807, 2.05) is 6.92 Å². The van der Waals surface area contributed by atoms with Gasteiger partial charge in [0, 0.05) is 68.6 Å². The van der Waals surface area contributed by atoms with Crippen molar-refractivity contribution in [3.05, 3.63) is 147 Å². The van der Waals surface area contributed by atoms with Crippen molar-refractivity contribution in [1.82, 2.24) is 50.4 Å². The number of aliphatic hydroxyl groups excluding tert-OH is 2. The standard InChI is InChI=1S/C54H46N12O9S6/c1-23-39(69)17-66-43(23)53-64-37(22-80-53)51-60-33(18-78-51)42-28(12-13-30(57-42)50-61-34(19-79-50)45(56)72)48-62-35(20-76-48)46(73)58-31(16-40(55)70)52-65-41(24(2)81-52)38(68)15-29(44(71)26-6-4-3-5-7-26)49-63-36(21-77-49)47(74)59-32(54(66)75)14-25-8-10-27(67)11-9-25/h3-13,18-23,29,31-32,39,43-44,67,69,71H,14-17H2,1-2H3,(H2,55,70)(H2,56,72)(H,58,73)(H,59,74)/t23-,29-,31-,32-,39-,43-,44+/m0/s1. The van der Waals surface area contributed by atoms with Gasteiger partial charge in [0.2, 0.25) is 11.8 Å². The number of aryl methyl sites for hydroxylation is 1. The molecule has 9 N–H and O–H groups in total. The number of pyridine rings is 1. The predicted octanol–water partition coefficient (Wildman–Crippen LogP) is 7.27. The lowest BCUT2D eigenvalue weighted by Crippen LogP contribution is -2.50. The van der Waals surface area contributed by atoms with Crippen LogP contribution in [0.4, 0.5) is 0 Å². The van der Waals surface area contributed by atoms with E-state index in [0.717, 1.165) is 34.0 Å². The van der Waals surface area contributed by atoms with Gasteiger partial charge in [0.15, 0.2) is 5.78 Å². The number of thiazole rings is 6. The second-order valence-electron chi connectivity index (χ2n) is 19.2. The molecule has 0 radical (unpaired) electrons. The second-order valence-corrected chi connectivity index (χ2v) is 24.8. The van der Waals surface area contributed by atoms with E-state index >= 15 is 4.79 Å². The molecule has 27 heteroatoms. The maximum Gasteiger partial charge on any atom is 0.271 e. The fraction of sp³-hybridized carbons (Fsp3) is 0.241. The zero-order chi connectivity index (χ0) is 56.8. The number of benzene rings is 2. The SMILES string of the molecule is Cc1sc2nc1C(=O)C[C@@H]([C@H](O)c1ccccc1)c1nc(cs1)C(=O)N[C@@H](Cc1ccc(O)cc1)C(=O)N1C[C@H](O)[C@H](C)[C@H]1c1nc(cs1)-c1nc(cs1)-c1nc(-c3nc(C(N)=O)cs3)ccc1-c1nc(cs1)C(=O)N[C@H]2CC(N)=O. The number of primary amides is 2. The minimum atomic E-state index is -1.29. The van der Waals surface area contributed by atoms with Crippen LogP contribution in [0.1, 0.15) is 117 Å². The van der Waals surface area contributed by atoms with Gasteiger partial charge in [0.25, 0.3) is 17.7 Å². The molecule has 0 spiro atoms. The number of aromatic hydroxyl groups is 1. The van der Waals surface area contributed by atoms with Crippen molar-refractivity contribution in [3.8, 4) is 49.1 Å². The molecule has 5 amide bonds. The van der Waals surface area contributed by atoms with E-state index in [9.17, 15) is 39.3 Å². The first-order valence-electron chi connectivity index (χ1n) is 25.0. The summed E-state index contributed by atoms with van der Waals surface area (Å²) < 4.78 is 0. The van der Waals surface area contributed by atoms with Crippen molar-refractivity contribution in [1.29, 1.82) is 0 Å². The van der Waals surface area contributed by atoms with E-state index in [-0.39, 0.29) is 64.3 Å². The number of rotatable bonds is 8. The molecule has 9 aromatic rings. The van der Waals surface area contributed by atoms with E-state index in [2.05, 4.69) is 25.6 Å². The average molecular weight is 1200 g/mol. The lowest BCUT2D eigenvalue weighted by Gasteiger charge is -2.29. The molecule has 0 saturated carbocycles. The molecule has 2 aliphatic rings. The molecule has 2 aromatic carbocycles. The number of aromatic nitrogens is 7. The Balaban J connectivity index is 1.02. The van der Waals surface area contributed by atoms with Crippen LogP contribution in [0.15, 0.2) is 93.6 Å². The number of nitrogens with two attached hydrogens (primary N) is 2. The summed E-state index contributed by atoms with van der Waals surface area (Å²) in [6.45, 7) is 3.42. The molecule has 7 atom stereocenters. The minimum absolute atomic E-state index is 0.00446. The van der Waals surface area contributed by atoms with Gasteiger partial charge >= 0.3 is 0 Å². The van der Waals surface area contributed by atoms with Gasteiger partial charge in [-0.15, -0.1) is 68.0 Å². The Morgan fingerprint density at radius 3 is 2.07 bits per heavy atom. The molecule has 9 heterocycles. The molecule has 2 aliphatic heterocycles. The first-order valence-corrected chi connectivity index (χ1v) is 30.2. The van der Waals surface area contributed by atoms with E-state index in [4.69, 9.17) is 31.4 Å². The Labute approximate surface area is 484 Å². The quantitative estimate of drug-likeness (QED) is 0.0786. The molecular weight excluding hydrogens is 1150 g/mol. The topological polar surface area (TPSA) is 333 Å². The number of nitrogens with zero attached hydrogens (tertiary/aromatic N) is 8. The van der Waals surface area contributed by atoms with Crippen molar-refractivity contribution >= 4 is 103 Å². The number of phenols is 1. The van der Waals surface area contributed by atoms with E-state index < -0.39 is 77.5 Å². The Morgan fingerprint density at radius 1 is 0.691 bits per heavy atom. The summed E-state index contributed by atoms with van der Waals surface area (Å²) in [5.41, 5.74) is 14.5. The van der Waals surface area contributed by atoms with Crippen molar-refractivity contribution in [2.75, 3.05) is 6.54 Å². The molecule has 1 fully saturated rings. The number of ketones is 1. The number of hydrogen-bond acceptors (Lipinski definition) is 22. The normalized spacial score (nSPS) is 20.1. The first-order chi connectivity index (χ1) is 39.0. The molecule has 7 aromatic heterocycles. The van der Waals surface area contributed by atoms with Crippen molar-refractivity contribution < 1.29 is 44.1 Å². The molecule has 412 valence electrons. The molecule has 21 nitrogen and oxygen atoms in total. The highest BCUT2D eigenvalue weighted by Gasteiger charge is 2.45. The molecule has 0 aliphatic carbocycles. The summed E-state index contributed by atoms with van der Waals surface area (Å²) in [5.74, 6) is -5.36. The number of hydrogen-bond donors (Lipinski definition) is 7. The van der Waals surface area contributed by atoms with Crippen LogP contribution in [-0.2, 0) is 16.0 Å². The largest absolute Gasteiger partial charge is 0.508 e. The lowest BCUT2D eigenvalue weighted by molar-refractivity contribution is -0.134. The van der Waals surface area contributed by atoms with Gasteiger partial charge in [0.1, 0.15) is 76.7 Å². The van der Waals surface area contributed by atoms with Gasteiger partial charge in [-0.05, 0) is 42.3 Å². The summed E-state index contributed by atoms with van der Waals surface area (Å²) in [4.78, 5) is 118. The molecule has 11 rings (SSSR count). The monoisotopic (exact) mass is 1200 g/mol. The van der Waals surface area contributed by atoms with Crippen LogP contribution in [0.25, 0.3) is 43.4 Å². The van der Waals surface area contributed by atoms with E-state index in [1.54, 1.807) is 77.7 Å². The summed E-state index contributed by atoms with van der Waals surface area (Å²) in [5, 5.41) is 49.7. The van der Waals surface area contributed by atoms with Gasteiger partial charge in [-0.1, -0.05) is 49.4 Å². The maximum atomic E-state index is 15.1. The zero-order valence-corrected chi connectivity index (χ0v) is 47.5. The smallest absolute Gasteiger partial charge is 0.271 e. The average Bonchev–Trinajstić information content (AvgIpc) is 4.47. The number of phenolic OH excluding ortho intramolecular Hbond substituents is 1. The number of carbonyl (C=O) groups excluding carboxylic acids is 6. The van der Waals surface area contributed by atoms with E-state index in [1.165, 1.54) is 61.8 Å². The highest BCUT2D eigenvalue weighted by Crippen LogP contribution is 2.43. The maximum absolute atomic E-state index is 15.1. The van der Waals surface area contributed by atoms with Crippen LogP contribution >= 0.6 is 68.0 Å². The number of amides is 5.